The Morgan fingerprint density at radius 1 is 1.03 bits per heavy atom. The normalized spacial score (nSPS) is 17.2. The molecule has 1 atom stereocenters. The molecule has 4 rings (SSSR count). The predicted octanol–water partition coefficient (Wildman–Crippen LogP) is 2.97. The summed E-state index contributed by atoms with van der Waals surface area (Å²) in [6.45, 7) is 0.106. The molecule has 0 aliphatic carbocycles. The number of piperidine rings is 1. The van der Waals surface area contributed by atoms with Gasteiger partial charge in [-0.05, 0) is 36.8 Å². The molecule has 1 fully saturated rings. The number of carbonyl (C=O) groups is 1. The highest BCUT2D eigenvalue weighted by Crippen LogP contribution is 2.35. The van der Waals surface area contributed by atoms with Crippen LogP contribution in [0.1, 0.15) is 12.8 Å². The van der Waals surface area contributed by atoms with E-state index in [4.69, 9.17) is 23.2 Å². The maximum absolute atomic E-state index is 14.8. The lowest BCUT2D eigenvalue weighted by atomic mass is 10.1. The standard InChI is InChI=1S/C19H17Cl2FN4O5S2/c20-12-3-4-15(19-18(12)13(21)9-24-19)26-33(30,31)16-5-2-11(7-14(16)22)32(28,29)25-10-1-6-17(27)23-8-10/h2-5,7,9-10,24-26H,1,6,8H2,(H,23,27). The Hall–Kier alpha value is -2.38. The monoisotopic (exact) mass is 534 g/mol. The molecule has 9 nitrogen and oxygen atoms in total. The average Bonchev–Trinajstić information content (AvgIpc) is 3.14. The van der Waals surface area contributed by atoms with Gasteiger partial charge in [-0.25, -0.2) is 25.9 Å². The minimum absolute atomic E-state index is 0.0819. The molecule has 1 unspecified atom stereocenters. The minimum atomic E-state index is -4.43. The fraction of sp³-hybridized carbons (Fsp3) is 0.211. The molecule has 14 heteroatoms. The van der Waals surface area contributed by atoms with Crippen LogP contribution in [-0.4, -0.2) is 40.3 Å². The summed E-state index contributed by atoms with van der Waals surface area (Å²) in [6, 6.07) is 4.75. The van der Waals surface area contributed by atoms with Gasteiger partial charge in [-0.2, -0.15) is 0 Å². The summed E-state index contributed by atoms with van der Waals surface area (Å²) in [7, 11) is -8.57. The number of carbonyl (C=O) groups excluding carboxylic acids is 1. The fourth-order valence-corrected chi connectivity index (χ4v) is 6.41. The molecule has 1 amide bonds. The molecule has 1 aliphatic heterocycles. The molecule has 3 aromatic rings. The van der Waals surface area contributed by atoms with E-state index in [0.717, 1.165) is 12.1 Å². The number of fused-ring (bicyclic) bond motifs is 1. The predicted molar refractivity (Wildman–Crippen MR) is 122 cm³/mol. The smallest absolute Gasteiger partial charge is 0.264 e. The Balaban J connectivity index is 1.60. The number of aromatic nitrogens is 1. The van der Waals surface area contributed by atoms with E-state index >= 15 is 0 Å². The molecule has 33 heavy (non-hydrogen) atoms. The van der Waals surface area contributed by atoms with Gasteiger partial charge >= 0.3 is 0 Å². The zero-order valence-electron chi connectivity index (χ0n) is 16.7. The summed E-state index contributed by atoms with van der Waals surface area (Å²) in [4.78, 5) is 12.8. The van der Waals surface area contributed by atoms with Crippen molar-refractivity contribution < 1.29 is 26.0 Å². The van der Waals surface area contributed by atoms with Crippen LogP contribution in [0.2, 0.25) is 10.0 Å². The number of aromatic amines is 1. The van der Waals surface area contributed by atoms with Gasteiger partial charge in [0.05, 0.1) is 26.1 Å². The van der Waals surface area contributed by atoms with Crippen molar-refractivity contribution in [3.8, 4) is 0 Å². The molecule has 0 saturated carbocycles. The van der Waals surface area contributed by atoms with Crippen LogP contribution in [0.5, 0.6) is 0 Å². The van der Waals surface area contributed by atoms with E-state index in [2.05, 4.69) is 19.7 Å². The second-order valence-corrected chi connectivity index (χ2v) is 11.5. The number of nitrogens with one attached hydrogen (secondary N) is 4. The molecule has 2 heterocycles. The number of H-pyrrole nitrogens is 1. The van der Waals surface area contributed by atoms with Crippen molar-refractivity contribution in [2.75, 3.05) is 11.3 Å². The highest BCUT2D eigenvalue weighted by molar-refractivity contribution is 7.92. The summed E-state index contributed by atoms with van der Waals surface area (Å²) in [5.74, 6) is -1.44. The van der Waals surface area contributed by atoms with Crippen molar-refractivity contribution in [2.45, 2.75) is 28.7 Å². The lowest BCUT2D eigenvalue weighted by Gasteiger charge is -2.23. The van der Waals surface area contributed by atoms with Crippen molar-refractivity contribution in [2.24, 2.45) is 0 Å². The molecular weight excluding hydrogens is 518 g/mol. The van der Waals surface area contributed by atoms with Gasteiger partial charge in [-0.15, -0.1) is 0 Å². The number of benzene rings is 2. The first-order valence-electron chi connectivity index (χ1n) is 9.54. The van der Waals surface area contributed by atoms with Crippen LogP contribution in [0.4, 0.5) is 10.1 Å². The van der Waals surface area contributed by atoms with Crippen LogP contribution < -0.4 is 14.8 Å². The summed E-state index contributed by atoms with van der Waals surface area (Å²) in [6.07, 6.45) is 1.89. The van der Waals surface area contributed by atoms with E-state index in [1.807, 2.05) is 0 Å². The maximum Gasteiger partial charge on any atom is 0.264 e. The van der Waals surface area contributed by atoms with Gasteiger partial charge in [0, 0.05) is 30.6 Å². The molecular formula is C19H17Cl2FN4O5S2. The maximum atomic E-state index is 14.8. The second kappa shape index (κ2) is 8.76. The fourth-order valence-electron chi connectivity index (χ4n) is 3.44. The Morgan fingerprint density at radius 2 is 1.79 bits per heavy atom. The molecule has 1 aromatic heterocycles. The third-order valence-corrected chi connectivity index (χ3v) is 8.60. The Labute approximate surface area is 198 Å². The van der Waals surface area contributed by atoms with E-state index in [1.54, 1.807) is 0 Å². The quantitative estimate of drug-likeness (QED) is 0.385. The van der Waals surface area contributed by atoms with E-state index in [1.165, 1.54) is 18.3 Å². The summed E-state index contributed by atoms with van der Waals surface area (Å²) >= 11 is 12.2. The first kappa shape index (κ1) is 23.8. The van der Waals surface area contributed by atoms with E-state index < -0.39 is 41.7 Å². The van der Waals surface area contributed by atoms with Gasteiger partial charge in [-0.3, -0.25) is 9.52 Å². The Bertz CT molecular complexity index is 1460. The van der Waals surface area contributed by atoms with Gasteiger partial charge in [-0.1, -0.05) is 23.2 Å². The topological polar surface area (TPSA) is 137 Å². The van der Waals surface area contributed by atoms with Gasteiger partial charge < -0.3 is 10.3 Å². The van der Waals surface area contributed by atoms with E-state index in [-0.39, 0.29) is 29.6 Å². The van der Waals surface area contributed by atoms with Gasteiger partial charge in [0.15, 0.2) is 0 Å². The average molecular weight is 535 g/mol. The molecule has 1 aliphatic rings. The summed E-state index contributed by atoms with van der Waals surface area (Å²) < 4.78 is 70.2. The second-order valence-electron chi connectivity index (χ2n) is 7.34. The van der Waals surface area contributed by atoms with Crippen molar-refractivity contribution >= 4 is 65.7 Å². The molecule has 0 bridgehead atoms. The zero-order valence-corrected chi connectivity index (χ0v) is 19.8. The van der Waals surface area contributed by atoms with Crippen molar-refractivity contribution in [3.05, 3.63) is 52.4 Å². The van der Waals surface area contributed by atoms with Crippen LogP contribution in [0.15, 0.2) is 46.3 Å². The van der Waals surface area contributed by atoms with Crippen molar-refractivity contribution in [3.63, 3.8) is 0 Å². The number of halogens is 3. The number of hydrogen-bond acceptors (Lipinski definition) is 5. The van der Waals surface area contributed by atoms with Crippen LogP contribution >= 0.6 is 23.2 Å². The highest BCUT2D eigenvalue weighted by atomic mass is 35.5. The lowest BCUT2D eigenvalue weighted by Crippen LogP contribution is -2.47. The van der Waals surface area contributed by atoms with Crippen LogP contribution in [0.25, 0.3) is 10.9 Å². The molecule has 176 valence electrons. The lowest BCUT2D eigenvalue weighted by molar-refractivity contribution is -0.122. The first-order valence-corrected chi connectivity index (χ1v) is 13.3. The Kier molecular flexibility index (Phi) is 6.31. The van der Waals surface area contributed by atoms with E-state index in [0.29, 0.717) is 28.4 Å². The number of hydrogen-bond donors (Lipinski definition) is 4. The molecule has 2 aromatic carbocycles. The number of amides is 1. The number of rotatable bonds is 6. The Morgan fingerprint density at radius 3 is 2.45 bits per heavy atom. The van der Waals surface area contributed by atoms with Crippen molar-refractivity contribution in [1.29, 1.82) is 0 Å². The van der Waals surface area contributed by atoms with Gasteiger partial charge in [0.1, 0.15) is 10.7 Å². The SMILES string of the molecule is O=C1CCC(NS(=O)(=O)c2ccc(S(=O)(=O)Nc3ccc(Cl)c4c(Cl)c[nH]c34)c(F)c2)CN1. The zero-order chi connectivity index (χ0) is 24.0. The highest BCUT2D eigenvalue weighted by Gasteiger charge is 2.27. The third kappa shape index (κ3) is 4.80. The molecule has 1 saturated heterocycles. The molecule has 4 N–H and O–H groups in total. The van der Waals surface area contributed by atoms with Crippen molar-refractivity contribution in [1.82, 2.24) is 15.0 Å². The van der Waals surface area contributed by atoms with Crippen LogP contribution in [0.3, 0.4) is 0 Å². The minimum Gasteiger partial charge on any atom is -0.358 e. The summed E-state index contributed by atoms with van der Waals surface area (Å²) in [5.41, 5.74) is 0.387. The van der Waals surface area contributed by atoms with Gasteiger partial charge in [0.25, 0.3) is 10.0 Å². The number of sulfonamides is 2. The largest absolute Gasteiger partial charge is 0.358 e. The first-order chi connectivity index (χ1) is 15.5. The van der Waals surface area contributed by atoms with Crippen LogP contribution in [0, 0.1) is 5.82 Å². The summed E-state index contributed by atoms with van der Waals surface area (Å²) in [5, 5.41) is 3.51. The molecule has 0 radical (unpaired) electrons. The van der Waals surface area contributed by atoms with Gasteiger partial charge in [0.2, 0.25) is 15.9 Å². The molecule has 0 spiro atoms. The third-order valence-electron chi connectivity index (χ3n) is 5.07. The number of anilines is 1. The van der Waals surface area contributed by atoms with Crippen LogP contribution in [-0.2, 0) is 24.8 Å². The van der Waals surface area contributed by atoms with E-state index in [9.17, 15) is 26.0 Å².